The Kier molecular flexibility index (Phi) is 5.26. The summed E-state index contributed by atoms with van der Waals surface area (Å²) in [6.45, 7) is 6.72. The number of halogens is 1. The van der Waals surface area contributed by atoms with Crippen LogP contribution in [0.1, 0.15) is 11.1 Å². The van der Waals surface area contributed by atoms with Crippen molar-refractivity contribution in [2.45, 2.75) is 13.1 Å². The molecule has 0 atom stereocenters. The number of rotatable bonds is 5. The van der Waals surface area contributed by atoms with Crippen LogP contribution in [0.4, 0.5) is 4.39 Å². The van der Waals surface area contributed by atoms with Gasteiger partial charge in [0.2, 0.25) is 0 Å². The van der Waals surface area contributed by atoms with Crippen molar-refractivity contribution in [1.82, 2.24) is 0 Å². The van der Waals surface area contributed by atoms with Gasteiger partial charge in [-0.1, -0.05) is 24.3 Å². The zero-order valence-corrected chi connectivity index (χ0v) is 13.6. The highest BCUT2D eigenvalue weighted by Crippen LogP contribution is 2.11. The van der Waals surface area contributed by atoms with Crippen LogP contribution in [0, 0.1) is 5.82 Å². The molecule has 0 radical (unpaired) electrons. The van der Waals surface area contributed by atoms with E-state index in [4.69, 9.17) is 4.74 Å². The molecule has 0 bridgehead atoms. The average molecular weight is 316 g/mol. The molecule has 23 heavy (non-hydrogen) atoms. The lowest BCUT2D eigenvalue weighted by atomic mass is 10.1. The first-order chi connectivity index (χ1) is 11.2. The zero-order valence-electron chi connectivity index (χ0n) is 13.6. The third-order valence-corrected chi connectivity index (χ3v) is 4.62. The van der Waals surface area contributed by atoms with Crippen LogP contribution in [0.25, 0.3) is 0 Å². The molecule has 2 aromatic carbocycles. The van der Waals surface area contributed by atoms with E-state index >= 15 is 0 Å². The molecule has 122 valence electrons. The molecule has 0 spiro atoms. The van der Waals surface area contributed by atoms with E-state index in [2.05, 4.69) is 18.2 Å². The molecule has 0 aliphatic carbocycles. The van der Waals surface area contributed by atoms with E-state index in [0.717, 1.165) is 31.9 Å². The molecule has 2 aromatic rings. The summed E-state index contributed by atoms with van der Waals surface area (Å²) in [7, 11) is 1.71. The Hall–Kier alpha value is -1.91. The standard InChI is InChI=1S/C19H23FN2O/c1-23-19-4-2-3-17(13-19)15-22-11-9-21(10-12-22)14-16-5-7-18(20)8-6-16/h2-8,13H,9-12,14-15H2,1H3/p+2. The van der Waals surface area contributed by atoms with Gasteiger partial charge in [0.15, 0.2) is 0 Å². The summed E-state index contributed by atoms with van der Waals surface area (Å²) in [5.74, 6) is 0.777. The summed E-state index contributed by atoms with van der Waals surface area (Å²) in [4.78, 5) is 3.21. The van der Waals surface area contributed by atoms with Crippen molar-refractivity contribution in [2.24, 2.45) is 0 Å². The first-order valence-electron chi connectivity index (χ1n) is 8.27. The van der Waals surface area contributed by atoms with Gasteiger partial charge >= 0.3 is 0 Å². The predicted molar refractivity (Wildman–Crippen MR) is 88.2 cm³/mol. The van der Waals surface area contributed by atoms with Gasteiger partial charge in [-0.25, -0.2) is 4.39 Å². The highest BCUT2D eigenvalue weighted by atomic mass is 19.1. The fourth-order valence-corrected chi connectivity index (χ4v) is 3.27. The molecule has 1 fully saturated rings. The highest BCUT2D eigenvalue weighted by Gasteiger charge is 2.23. The van der Waals surface area contributed by atoms with E-state index in [1.165, 1.54) is 24.2 Å². The van der Waals surface area contributed by atoms with Crippen molar-refractivity contribution in [3.63, 3.8) is 0 Å². The maximum atomic E-state index is 13.0. The molecular weight excluding hydrogens is 291 g/mol. The van der Waals surface area contributed by atoms with E-state index < -0.39 is 0 Å². The normalized spacial score (nSPS) is 21.1. The minimum atomic E-state index is -0.156. The number of hydrogen-bond donors (Lipinski definition) is 2. The number of hydrogen-bond acceptors (Lipinski definition) is 1. The van der Waals surface area contributed by atoms with Gasteiger partial charge < -0.3 is 14.5 Å². The van der Waals surface area contributed by atoms with Crippen LogP contribution in [-0.2, 0) is 13.1 Å². The van der Waals surface area contributed by atoms with Crippen LogP contribution < -0.4 is 14.5 Å². The molecule has 0 unspecified atom stereocenters. The molecular formula is C19H25FN2O+2. The maximum absolute atomic E-state index is 13.0. The van der Waals surface area contributed by atoms with Crippen molar-refractivity contribution in [1.29, 1.82) is 0 Å². The Balaban J connectivity index is 1.49. The topological polar surface area (TPSA) is 18.1 Å². The Morgan fingerprint density at radius 3 is 2.09 bits per heavy atom. The third kappa shape index (κ3) is 4.53. The highest BCUT2D eigenvalue weighted by molar-refractivity contribution is 5.27. The quantitative estimate of drug-likeness (QED) is 0.813. The van der Waals surface area contributed by atoms with E-state index in [9.17, 15) is 4.39 Å². The van der Waals surface area contributed by atoms with Crippen molar-refractivity contribution in [3.05, 3.63) is 65.5 Å². The molecule has 4 heteroatoms. The van der Waals surface area contributed by atoms with Crippen LogP contribution in [0.5, 0.6) is 5.75 Å². The Bertz CT molecular complexity index is 622. The molecule has 1 saturated heterocycles. The summed E-state index contributed by atoms with van der Waals surface area (Å²) < 4.78 is 18.3. The average Bonchev–Trinajstić information content (AvgIpc) is 2.59. The lowest BCUT2D eigenvalue weighted by Crippen LogP contribution is -3.27. The minimum Gasteiger partial charge on any atom is -0.497 e. The molecule has 0 saturated carbocycles. The summed E-state index contributed by atoms with van der Waals surface area (Å²) in [6.07, 6.45) is 0. The monoisotopic (exact) mass is 316 g/mol. The number of benzene rings is 2. The second kappa shape index (κ2) is 7.57. The predicted octanol–water partition coefficient (Wildman–Crippen LogP) is 0.318. The first kappa shape index (κ1) is 16.0. The van der Waals surface area contributed by atoms with Crippen LogP contribution >= 0.6 is 0 Å². The van der Waals surface area contributed by atoms with Gasteiger partial charge in [-0.3, -0.25) is 0 Å². The lowest BCUT2D eigenvalue weighted by Gasteiger charge is -2.29. The molecule has 0 aromatic heterocycles. The van der Waals surface area contributed by atoms with Gasteiger partial charge in [0.25, 0.3) is 0 Å². The number of piperazine rings is 1. The van der Waals surface area contributed by atoms with E-state index in [1.54, 1.807) is 29.0 Å². The molecule has 1 aliphatic rings. The van der Waals surface area contributed by atoms with Crippen molar-refractivity contribution >= 4 is 0 Å². The number of methoxy groups -OCH3 is 1. The van der Waals surface area contributed by atoms with Gasteiger partial charge in [0.1, 0.15) is 50.8 Å². The van der Waals surface area contributed by atoms with Crippen LogP contribution in [0.3, 0.4) is 0 Å². The SMILES string of the molecule is COc1cccc(C[NH+]2CC[NH+](Cc3ccc(F)cc3)CC2)c1. The largest absolute Gasteiger partial charge is 0.497 e. The van der Waals surface area contributed by atoms with Crippen molar-refractivity contribution in [3.8, 4) is 5.75 Å². The second-order valence-corrected chi connectivity index (χ2v) is 6.33. The van der Waals surface area contributed by atoms with Crippen LogP contribution in [0.2, 0.25) is 0 Å². The smallest absolute Gasteiger partial charge is 0.127 e. The number of nitrogens with one attached hydrogen (secondary N) is 2. The maximum Gasteiger partial charge on any atom is 0.127 e. The fourth-order valence-electron chi connectivity index (χ4n) is 3.27. The summed E-state index contributed by atoms with van der Waals surface area (Å²) in [5, 5.41) is 0. The Morgan fingerprint density at radius 1 is 0.870 bits per heavy atom. The van der Waals surface area contributed by atoms with Crippen molar-refractivity contribution < 1.29 is 18.9 Å². The van der Waals surface area contributed by atoms with Crippen molar-refractivity contribution in [2.75, 3.05) is 33.3 Å². The third-order valence-electron chi connectivity index (χ3n) is 4.62. The van der Waals surface area contributed by atoms with Gasteiger partial charge in [-0.2, -0.15) is 0 Å². The van der Waals surface area contributed by atoms with Gasteiger partial charge in [-0.15, -0.1) is 0 Å². The molecule has 3 nitrogen and oxygen atoms in total. The molecule has 1 heterocycles. The number of quaternary nitrogens is 2. The molecule has 0 amide bonds. The second-order valence-electron chi connectivity index (χ2n) is 6.33. The van der Waals surface area contributed by atoms with Gasteiger partial charge in [-0.05, 0) is 24.3 Å². The van der Waals surface area contributed by atoms with Crippen LogP contribution in [-0.4, -0.2) is 33.3 Å². The molecule has 1 aliphatic heterocycles. The van der Waals surface area contributed by atoms with E-state index in [0.29, 0.717) is 0 Å². The lowest BCUT2D eigenvalue weighted by molar-refractivity contribution is -1.02. The molecule has 3 rings (SSSR count). The molecule has 2 N–H and O–H groups in total. The summed E-state index contributed by atoms with van der Waals surface area (Å²) in [6, 6.07) is 15.3. The Morgan fingerprint density at radius 2 is 1.48 bits per heavy atom. The zero-order chi connectivity index (χ0) is 16.1. The minimum absolute atomic E-state index is 0.156. The van der Waals surface area contributed by atoms with E-state index in [-0.39, 0.29) is 5.82 Å². The van der Waals surface area contributed by atoms with Gasteiger partial charge in [0.05, 0.1) is 7.11 Å². The fraction of sp³-hybridized carbons (Fsp3) is 0.368. The summed E-state index contributed by atoms with van der Waals surface area (Å²) >= 11 is 0. The van der Waals surface area contributed by atoms with Gasteiger partial charge in [0, 0.05) is 11.1 Å². The van der Waals surface area contributed by atoms with E-state index in [1.807, 2.05) is 18.2 Å². The van der Waals surface area contributed by atoms with Crippen LogP contribution in [0.15, 0.2) is 48.5 Å². The number of ether oxygens (including phenoxy) is 1. The first-order valence-corrected chi connectivity index (χ1v) is 8.27. The summed E-state index contributed by atoms with van der Waals surface area (Å²) in [5.41, 5.74) is 2.55. The Labute approximate surface area is 137 Å².